The number of nitrogens with zero attached hydrogens (tertiary/aromatic N) is 1. The highest BCUT2D eigenvalue weighted by Gasteiger charge is 2.24. The van der Waals surface area contributed by atoms with Crippen molar-refractivity contribution in [3.63, 3.8) is 0 Å². The number of carbonyl (C=O) groups excluding carboxylic acids is 1. The lowest BCUT2D eigenvalue weighted by molar-refractivity contribution is -0.115. The number of ether oxygens (including phenoxy) is 1. The van der Waals surface area contributed by atoms with E-state index in [1.54, 1.807) is 25.3 Å². The van der Waals surface area contributed by atoms with Crippen molar-refractivity contribution in [1.82, 2.24) is 5.32 Å². The van der Waals surface area contributed by atoms with Crippen molar-refractivity contribution in [3.05, 3.63) is 58.5 Å². The summed E-state index contributed by atoms with van der Waals surface area (Å²) in [7, 11) is 1.55. The quantitative estimate of drug-likeness (QED) is 0.838. The van der Waals surface area contributed by atoms with Crippen LogP contribution in [0.25, 0.3) is 6.08 Å². The lowest BCUT2D eigenvalue weighted by atomic mass is 10.1. The third kappa shape index (κ3) is 3.60. The van der Waals surface area contributed by atoms with Gasteiger partial charge in [0.1, 0.15) is 11.5 Å². The van der Waals surface area contributed by atoms with Gasteiger partial charge < -0.3 is 15.2 Å². The molecule has 0 radical (unpaired) electrons. The highest BCUT2D eigenvalue weighted by molar-refractivity contribution is 8.18. The van der Waals surface area contributed by atoms with Gasteiger partial charge in [-0.1, -0.05) is 12.1 Å². The molecule has 5 nitrogen and oxygen atoms in total. The molecule has 0 unspecified atom stereocenters. The Balaban J connectivity index is 1.87. The molecule has 2 aromatic carbocycles. The predicted molar refractivity (Wildman–Crippen MR) is 96.6 cm³/mol. The van der Waals surface area contributed by atoms with Gasteiger partial charge in [0.2, 0.25) is 0 Å². The molecule has 1 saturated heterocycles. The van der Waals surface area contributed by atoms with E-state index in [0.29, 0.717) is 21.4 Å². The van der Waals surface area contributed by atoms with Crippen molar-refractivity contribution in [2.45, 2.75) is 6.92 Å². The molecule has 1 aliphatic heterocycles. The van der Waals surface area contributed by atoms with Crippen LogP contribution in [0.1, 0.15) is 11.1 Å². The first-order valence-corrected chi connectivity index (χ1v) is 8.10. The summed E-state index contributed by atoms with van der Waals surface area (Å²) in [5, 5.41) is 13.2. The standard InChI is InChI=1S/C18H16N2O3S/c1-11-4-3-5-13(8-11)19-18-20-17(22)16(24-18)10-12-9-14(23-2)6-7-15(12)21/h3-10,21H,1-2H3,(H,19,20,22)/b16-10-. The summed E-state index contributed by atoms with van der Waals surface area (Å²) in [6.45, 7) is 1.99. The summed E-state index contributed by atoms with van der Waals surface area (Å²) in [6, 6.07) is 12.6. The van der Waals surface area contributed by atoms with Gasteiger partial charge in [-0.15, -0.1) is 0 Å². The van der Waals surface area contributed by atoms with E-state index in [-0.39, 0.29) is 11.7 Å². The molecule has 1 heterocycles. The number of carbonyl (C=O) groups is 1. The highest BCUT2D eigenvalue weighted by Crippen LogP contribution is 2.31. The minimum absolute atomic E-state index is 0.0840. The Labute approximate surface area is 144 Å². The van der Waals surface area contributed by atoms with E-state index in [2.05, 4.69) is 10.3 Å². The molecule has 0 bridgehead atoms. The maximum absolute atomic E-state index is 12.1. The zero-order chi connectivity index (χ0) is 17.1. The van der Waals surface area contributed by atoms with Crippen molar-refractivity contribution in [2.75, 3.05) is 7.11 Å². The van der Waals surface area contributed by atoms with Crippen LogP contribution in [-0.2, 0) is 4.79 Å². The maximum atomic E-state index is 12.1. The Morgan fingerprint density at radius 3 is 2.83 bits per heavy atom. The monoisotopic (exact) mass is 340 g/mol. The number of nitrogens with one attached hydrogen (secondary N) is 1. The normalized spacial score (nSPS) is 17.3. The van der Waals surface area contributed by atoms with Gasteiger partial charge in [0.25, 0.3) is 5.91 Å². The van der Waals surface area contributed by atoms with Gasteiger partial charge in [-0.25, -0.2) is 4.99 Å². The number of amidine groups is 1. The molecule has 24 heavy (non-hydrogen) atoms. The Bertz CT molecular complexity index is 859. The van der Waals surface area contributed by atoms with E-state index in [1.807, 2.05) is 31.2 Å². The maximum Gasteiger partial charge on any atom is 0.264 e. The Morgan fingerprint density at radius 2 is 2.08 bits per heavy atom. The zero-order valence-corrected chi connectivity index (χ0v) is 14.1. The number of phenols is 1. The van der Waals surface area contributed by atoms with Crippen molar-refractivity contribution in [1.29, 1.82) is 0 Å². The topological polar surface area (TPSA) is 70.9 Å². The third-order valence-electron chi connectivity index (χ3n) is 3.40. The molecule has 0 saturated carbocycles. The summed E-state index contributed by atoms with van der Waals surface area (Å²) >= 11 is 1.23. The van der Waals surface area contributed by atoms with Crippen LogP contribution in [0, 0.1) is 6.92 Å². The van der Waals surface area contributed by atoms with Crippen molar-refractivity contribution in [2.24, 2.45) is 4.99 Å². The molecule has 1 fully saturated rings. The average molecular weight is 340 g/mol. The van der Waals surface area contributed by atoms with Gasteiger partial charge in [-0.2, -0.15) is 0 Å². The summed E-state index contributed by atoms with van der Waals surface area (Å²) in [5.41, 5.74) is 2.40. The fourth-order valence-corrected chi connectivity index (χ4v) is 3.04. The van der Waals surface area contributed by atoms with Gasteiger partial charge in [0.05, 0.1) is 17.7 Å². The minimum atomic E-state index is -0.242. The van der Waals surface area contributed by atoms with Gasteiger partial charge in [-0.05, 0) is 60.7 Å². The lowest BCUT2D eigenvalue weighted by Crippen LogP contribution is -2.19. The molecule has 6 heteroatoms. The van der Waals surface area contributed by atoms with Crippen LogP contribution in [0.5, 0.6) is 11.5 Å². The largest absolute Gasteiger partial charge is 0.507 e. The van der Waals surface area contributed by atoms with E-state index >= 15 is 0 Å². The Morgan fingerprint density at radius 1 is 1.25 bits per heavy atom. The number of rotatable bonds is 3. The predicted octanol–water partition coefficient (Wildman–Crippen LogP) is 3.60. The first-order valence-electron chi connectivity index (χ1n) is 7.28. The van der Waals surface area contributed by atoms with Gasteiger partial charge in [-0.3, -0.25) is 4.79 Å². The summed E-state index contributed by atoms with van der Waals surface area (Å²) in [4.78, 5) is 17.0. The molecule has 1 aliphatic rings. The number of hydrogen-bond acceptors (Lipinski definition) is 5. The van der Waals surface area contributed by atoms with E-state index in [4.69, 9.17) is 4.74 Å². The third-order valence-corrected chi connectivity index (χ3v) is 4.31. The number of amides is 1. The molecule has 2 aromatic rings. The molecular weight excluding hydrogens is 324 g/mol. The van der Waals surface area contributed by atoms with Crippen molar-refractivity contribution >= 4 is 34.6 Å². The van der Waals surface area contributed by atoms with Crippen LogP contribution in [0.3, 0.4) is 0 Å². The number of phenolic OH excluding ortho intramolecular Hbond substituents is 1. The number of aromatic hydroxyl groups is 1. The Hall–Kier alpha value is -2.73. The zero-order valence-electron chi connectivity index (χ0n) is 13.2. The van der Waals surface area contributed by atoms with E-state index in [0.717, 1.165) is 11.3 Å². The number of aryl methyl sites for hydroxylation is 1. The summed E-state index contributed by atoms with van der Waals surface area (Å²) in [5.74, 6) is 0.450. The second-order valence-corrected chi connectivity index (χ2v) is 6.28. The summed E-state index contributed by atoms with van der Waals surface area (Å²) in [6.07, 6.45) is 1.62. The fourth-order valence-electron chi connectivity index (χ4n) is 2.21. The van der Waals surface area contributed by atoms with Crippen LogP contribution >= 0.6 is 11.8 Å². The first-order chi connectivity index (χ1) is 11.5. The van der Waals surface area contributed by atoms with Crippen LogP contribution in [0.4, 0.5) is 5.69 Å². The number of thioether (sulfide) groups is 1. The minimum Gasteiger partial charge on any atom is -0.507 e. The summed E-state index contributed by atoms with van der Waals surface area (Å²) < 4.78 is 5.14. The highest BCUT2D eigenvalue weighted by atomic mass is 32.2. The average Bonchev–Trinajstić information content (AvgIpc) is 2.89. The molecule has 2 N–H and O–H groups in total. The SMILES string of the molecule is COc1ccc(O)c(/C=C2\SC(=Nc3cccc(C)c3)NC2=O)c1. The molecule has 0 spiro atoms. The fraction of sp³-hybridized carbons (Fsp3) is 0.111. The van der Waals surface area contributed by atoms with E-state index in [9.17, 15) is 9.90 Å². The number of benzene rings is 2. The molecule has 0 aliphatic carbocycles. The van der Waals surface area contributed by atoms with Crippen LogP contribution < -0.4 is 10.1 Å². The Kier molecular flexibility index (Phi) is 4.57. The van der Waals surface area contributed by atoms with Gasteiger partial charge in [0.15, 0.2) is 5.17 Å². The molecule has 0 aromatic heterocycles. The number of aliphatic imine (C=N–C) groups is 1. The molecule has 1 amide bonds. The van der Waals surface area contributed by atoms with Crippen molar-refractivity contribution in [3.8, 4) is 11.5 Å². The van der Waals surface area contributed by atoms with Crippen LogP contribution in [-0.4, -0.2) is 23.3 Å². The smallest absolute Gasteiger partial charge is 0.264 e. The second kappa shape index (κ2) is 6.80. The number of hydrogen-bond donors (Lipinski definition) is 2. The van der Waals surface area contributed by atoms with Crippen LogP contribution in [0.15, 0.2) is 52.4 Å². The molecule has 3 rings (SSSR count). The number of methoxy groups -OCH3 is 1. The molecular formula is C18H16N2O3S. The molecule has 0 atom stereocenters. The van der Waals surface area contributed by atoms with Crippen molar-refractivity contribution < 1.29 is 14.6 Å². The van der Waals surface area contributed by atoms with Crippen LogP contribution in [0.2, 0.25) is 0 Å². The second-order valence-electron chi connectivity index (χ2n) is 5.25. The van der Waals surface area contributed by atoms with Gasteiger partial charge >= 0.3 is 0 Å². The van der Waals surface area contributed by atoms with Gasteiger partial charge in [0, 0.05) is 5.56 Å². The first kappa shape index (κ1) is 16.1. The molecule has 122 valence electrons. The van der Waals surface area contributed by atoms with E-state index in [1.165, 1.54) is 17.8 Å². The lowest BCUT2D eigenvalue weighted by Gasteiger charge is -2.03. The van der Waals surface area contributed by atoms with E-state index < -0.39 is 0 Å².